The van der Waals surface area contributed by atoms with Gasteiger partial charge in [0.1, 0.15) is 11.2 Å². The van der Waals surface area contributed by atoms with Crippen molar-refractivity contribution >= 4 is 43.7 Å². The van der Waals surface area contributed by atoms with Crippen LogP contribution in [-0.2, 0) is 0 Å². The monoisotopic (exact) mass is 716 g/mol. The minimum absolute atomic E-state index is 0.560. The van der Waals surface area contributed by atoms with Gasteiger partial charge in [-0.05, 0) is 52.1 Å². The van der Waals surface area contributed by atoms with Gasteiger partial charge in [-0.25, -0.2) is 4.98 Å². The van der Waals surface area contributed by atoms with Crippen LogP contribution >= 0.6 is 0 Å². The molecule has 0 atom stereocenters. The number of rotatable bonds is 6. The van der Waals surface area contributed by atoms with E-state index in [9.17, 15) is 0 Å². The largest absolute Gasteiger partial charge is 0.456 e. The van der Waals surface area contributed by atoms with Crippen LogP contribution in [0.3, 0.4) is 0 Å². The van der Waals surface area contributed by atoms with E-state index in [1.54, 1.807) is 0 Å². The van der Waals surface area contributed by atoms with E-state index in [0.717, 1.165) is 88.3 Å². The SMILES string of the molecule is c1ccc(-c2nc(-c3cccc(-c4cccc5oc6cccc(-c7ccccc7)c6c45)c3)nc(-n3c4ccccc4c4cccc(-c5ccccc5)c43)n2)cc1. The van der Waals surface area contributed by atoms with Crippen LogP contribution < -0.4 is 0 Å². The molecule has 8 aromatic carbocycles. The first-order chi connectivity index (χ1) is 27.8. The van der Waals surface area contributed by atoms with Crippen LogP contribution in [0.5, 0.6) is 0 Å². The van der Waals surface area contributed by atoms with Gasteiger partial charge in [0.25, 0.3) is 0 Å². The minimum Gasteiger partial charge on any atom is -0.456 e. The molecule has 5 heteroatoms. The Labute approximate surface area is 322 Å². The van der Waals surface area contributed by atoms with Crippen molar-refractivity contribution in [3.63, 3.8) is 0 Å². The standard InChI is InChI=1S/C51H32N4O/c1-4-16-33(17-5-1)38-25-14-30-44-46(38)47-39(26-15-31-45(47)56-44)36-22-12-23-37(32-36)50-52-49(35-20-8-3-9-21-35)53-51(54-50)55-43-29-11-10-24-41(43)42-28-13-27-40(48(42)55)34-18-6-2-7-19-34/h1-32H. The quantitative estimate of drug-likeness (QED) is 0.172. The highest BCUT2D eigenvalue weighted by Gasteiger charge is 2.21. The molecule has 0 N–H and O–H groups in total. The summed E-state index contributed by atoms with van der Waals surface area (Å²) in [5, 5.41) is 4.46. The van der Waals surface area contributed by atoms with Crippen molar-refractivity contribution in [2.24, 2.45) is 0 Å². The Kier molecular flexibility index (Phi) is 7.42. The molecular formula is C51H32N4O. The van der Waals surface area contributed by atoms with Crippen molar-refractivity contribution < 1.29 is 4.42 Å². The second-order valence-electron chi connectivity index (χ2n) is 14.0. The summed E-state index contributed by atoms with van der Waals surface area (Å²) in [4.78, 5) is 15.7. The normalized spacial score (nSPS) is 11.6. The van der Waals surface area contributed by atoms with Gasteiger partial charge in [0, 0.05) is 38.2 Å². The molecule has 0 fully saturated rings. The lowest BCUT2D eigenvalue weighted by atomic mass is 9.94. The minimum atomic E-state index is 0.560. The molecule has 11 rings (SSSR count). The van der Waals surface area contributed by atoms with Crippen molar-refractivity contribution in [3.05, 3.63) is 194 Å². The van der Waals surface area contributed by atoms with Crippen LogP contribution in [0.4, 0.5) is 0 Å². The Morgan fingerprint density at radius 2 is 0.839 bits per heavy atom. The van der Waals surface area contributed by atoms with Crippen molar-refractivity contribution in [3.8, 4) is 62.1 Å². The molecule has 0 spiro atoms. The molecular weight excluding hydrogens is 685 g/mol. The fourth-order valence-electron chi connectivity index (χ4n) is 8.18. The van der Waals surface area contributed by atoms with Gasteiger partial charge >= 0.3 is 0 Å². The fraction of sp³-hybridized carbons (Fsp3) is 0. The zero-order valence-electron chi connectivity index (χ0n) is 30.2. The van der Waals surface area contributed by atoms with Gasteiger partial charge in [-0.3, -0.25) is 4.57 Å². The van der Waals surface area contributed by atoms with Gasteiger partial charge in [-0.15, -0.1) is 0 Å². The lowest BCUT2D eigenvalue weighted by Gasteiger charge is -2.13. The smallest absolute Gasteiger partial charge is 0.238 e. The Morgan fingerprint density at radius 3 is 1.54 bits per heavy atom. The molecule has 262 valence electrons. The summed E-state index contributed by atoms with van der Waals surface area (Å²) in [6.45, 7) is 0. The summed E-state index contributed by atoms with van der Waals surface area (Å²) < 4.78 is 8.70. The van der Waals surface area contributed by atoms with Crippen LogP contribution in [-0.4, -0.2) is 19.5 Å². The van der Waals surface area contributed by atoms with Crippen LogP contribution in [0.15, 0.2) is 199 Å². The average molecular weight is 717 g/mol. The molecule has 3 heterocycles. The third kappa shape index (κ3) is 5.21. The number of aromatic nitrogens is 4. The zero-order valence-corrected chi connectivity index (χ0v) is 30.2. The predicted molar refractivity (Wildman–Crippen MR) is 229 cm³/mol. The van der Waals surface area contributed by atoms with Gasteiger partial charge < -0.3 is 4.42 Å². The van der Waals surface area contributed by atoms with Crippen molar-refractivity contribution in [1.82, 2.24) is 19.5 Å². The van der Waals surface area contributed by atoms with E-state index in [1.807, 2.05) is 24.3 Å². The third-order valence-electron chi connectivity index (χ3n) is 10.7. The summed E-state index contributed by atoms with van der Waals surface area (Å²) >= 11 is 0. The number of furan rings is 1. The highest BCUT2D eigenvalue weighted by atomic mass is 16.3. The van der Waals surface area contributed by atoms with E-state index in [1.165, 1.54) is 0 Å². The first-order valence-corrected chi connectivity index (χ1v) is 18.8. The molecule has 0 radical (unpaired) electrons. The van der Waals surface area contributed by atoms with Crippen LogP contribution in [0.25, 0.3) is 106 Å². The maximum Gasteiger partial charge on any atom is 0.238 e. The molecule has 5 nitrogen and oxygen atoms in total. The number of benzene rings is 8. The molecule has 0 bridgehead atoms. The average Bonchev–Trinajstić information content (AvgIpc) is 3.84. The molecule has 56 heavy (non-hydrogen) atoms. The number of fused-ring (bicyclic) bond motifs is 6. The topological polar surface area (TPSA) is 56.7 Å². The number of hydrogen-bond donors (Lipinski definition) is 0. The van der Waals surface area contributed by atoms with Crippen molar-refractivity contribution in [1.29, 1.82) is 0 Å². The lowest BCUT2D eigenvalue weighted by Crippen LogP contribution is -2.07. The Morgan fingerprint density at radius 1 is 0.357 bits per heavy atom. The molecule has 0 amide bonds. The molecule has 0 unspecified atom stereocenters. The van der Waals surface area contributed by atoms with Gasteiger partial charge in [-0.2, -0.15) is 9.97 Å². The second-order valence-corrected chi connectivity index (χ2v) is 14.0. The van der Waals surface area contributed by atoms with Crippen LogP contribution in [0.2, 0.25) is 0 Å². The van der Waals surface area contributed by atoms with E-state index in [0.29, 0.717) is 17.6 Å². The molecule has 0 aliphatic rings. The summed E-state index contributed by atoms with van der Waals surface area (Å²) in [6, 6.07) is 67.3. The van der Waals surface area contributed by atoms with Crippen molar-refractivity contribution in [2.45, 2.75) is 0 Å². The van der Waals surface area contributed by atoms with E-state index < -0.39 is 0 Å². The first kappa shape index (κ1) is 31.9. The number of nitrogens with zero attached hydrogens (tertiary/aromatic N) is 4. The van der Waals surface area contributed by atoms with Gasteiger partial charge in [0.15, 0.2) is 11.6 Å². The van der Waals surface area contributed by atoms with E-state index >= 15 is 0 Å². The number of para-hydroxylation sites is 2. The summed E-state index contributed by atoms with van der Waals surface area (Å²) in [6.07, 6.45) is 0. The Hall–Kier alpha value is -7.63. The third-order valence-corrected chi connectivity index (χ3v) is 10.7. The highest BCUT2D eigenvalue weighted by Crippen LogP contribution is 2.42. The molecule has 0 saturated heterocycles. The van der Waals surface area contributed by atoms with E-state index in [2.05, 4.69) is 174 Å². The molecule has 3 aromatic heterocycles. The molecule has 0 aliphatic carbocycles. The zero-order chi connectivity index (χ0) is 37.0. The van der Waals surface area contributed by atoms with E-state index in [4.69, 9.17) is 19.4 Å². The Balaban J connectivity index is 1.15. The first-order valence-electron chi connectivity index (χ1n) is 18.8. The summed E-state index contributed by atoms with van der Waals surface area (Å²) in [5.74, 6) is 1.76. The fourth-order valence-corrected chi connectivity index (χ4v) is 8.18. The van der Waals surface area contributed by atoms with Gasteiger partial charge in [0.05, 0.1) is 11.0 Å². The van der Waals surface area contributed by atoms with Crippen LogP contribution in [0.1, 0.15) is 0 Å². The van der Waals surface area contributed by atoms with Gasteiger partial charge in [-0.1, -0.05) is 170 Å². The number of hydrogen-bond acceptors (Lipinski definition) is 4. The summed E-state index contributed by atoms with van der Waals surface area (Å²) in [5.41, 5.74) is 12.3. The van der Waals surface area contributed by atoms with Crippen LogP contribution in [0, 0.1) is 0 Å². The van der Waals surface area contributed by atoms with Gasteiger partial charge in [0.2, 0.25) is 5.95 Å². The van der Waals surface area contributed by atoms with Crippen molar-refractivity contribution in [2.75, 3.05) is 0 Å². The predicted octanol–water partition coefficient (Wildman–Crippen LogP) is 13.2. The highest BCUT2D eigenvalue weighted by molar-refractivity contribution is 6.18. The molecule has 0 saturated carbocycles. The van der Waals surface area contributed by atoms with E-state index in [-0.39, 0.29) is 0 Å². The maximum atomic E-state index is 6.49. The molecule has 0 aliphatic heterocycles. The maximum absolute atomic E-state index is 6.49. The molecule has 11 aromatic rings. The summed E-state index contributed by atoms with van der Waals surface area (Å²) in [7, 11) is 0. The lowest BCUT2D eigenvalue weighted by molar-refractivity contribution is 0.669. The second kappa shape index (κ2) is 13.0. The Bertz CT molecular complexity index is 3240.